The number of carboxylic acids is 1. The number of carbonyl (C=O) groups is 2. The van der Waals surface area contributed by atoms with E-state index in [1.807, 2.05) is 0 Å². The summed E-state index contributed by atoms with van der Waals surface area (Å²) in [5.41, 5.74) is 0.811. The average molecular weight is 255 g/mol. The quantitative estimate of drug-likeness (QED) is 0.755. The second kappa shape index (κ2) is 7.44. The van der Waals surface area contributed by atoms with Crippen molar-refractivity contribution in [2.75, 3.05) is 19.0 Å². The fourth-order valence-electron chi connectivity index (χ4n) is 1.43. The molecule has 0 amide bonds. The Morgan fingerprint density at radius 3 is 2.94 bits per heavy atom. The van der Waals surface area contributed by atoms with Gasteiger partial charge in [0, 0.05) is 19.9 Å². The molecule has 1 atom stereocenters. The van der Waals surface area contributed by atoms with E-state index in [9.17, 15) is 9.59 Å². The first kappa shape index (κ1) is 14.2. The fraction of sp³-hybridized carbons (Fsp3) is 0.545. The molecule has 1 aromatic rings. The molecule has 0 aliphatic carbocycles. The van der Waals surface area contributed by atoms with Crippen LogP contribution in [0.15, 0.2) is 12.4 Å². The molecule has 0 aromatic carbocycles. The Bertz CT molecular complexity index is 385. The van der Waals surface area contributed by atoms with Gasteiger partial charge in [0.25, 0.3) is 0 Å². The van der Waals surface area contributed by atoms with Gasteiger partial charge in [-0.25, -0.2) is 0 Å². The molecule has 0 bridgehead atoms. The van der Waals surface area contributed by atoms with Gasteiger partial charge in [-0.2, -0.15) is 5.10 Å². The highest BCUT2D eigenvalue weighted by Crippen LogP contribution is 2.08. The zero-order valence-corrected chi connectivity index (χ0v) is 10.2. The summed E-state index contributed by atoms with van der Waals surface area (Å²) in [7, 11) is 1.75. The first-order chi connectivity index (χ1) is 8.65. The first-order valence-electron chi connectivity index (χ1n) is 5.64. The van der Waals surface area contributed by atoms with Gasteiger partial charge in [0.05, 0.1) is 11.9 Å². The number of hydrogen-bond acceptors (Lipinski definition) is 5. The van der Waals surface area contributed by atoms with Crippen LogP contribution in [0.5, 0.6) is 0 Å². The Morgan fingerprint density at radius 1 is 1.78 bits per heavy atom. The van der Waals surface area contributed by atoms with E-state index in [2.05, 4.69) is 10.4 Å². The Balaban J connectivity index is 0.000000199. The number of anilines is 1. The molecule has 7 nitrogen and oxygen atoms in total. The first-order valence-corrected chi connectivity index (χ1v) is 5.64. The van der Waals surface area contributed by atoms with E-state index >= 15 is 0 Å². The van der Waals surface area contributed by atoms with Crippen LogP contribution in [0.25, 0.3) is 0 Å². The van der Waals surface area contributed by atoms with Gasteiger partial charge in [-0.15, -0.1) is 0 Å². The summed E-state index contributed by atoms with van der Waals surface area (Å²) >= 11 is 0. The van der Waals surface area contributed by atoms with Crippen molar-refractivity contribution in [1.29, 1.82) is 0 Å². The number of carboxylic acid groups (broad SMARTS) is 1. The summed E-state index contributed by atoms with van der Waals surface area (Å²) in [6.45, 7) is 0.672. The van der Waals surface area contributed by atoms with Crippen molar-refractivity contribution in [1.82, 2.24) is 9.78 Å². The molecule has 0 radical (unpaired) electrons. The summed E-state index contributed by atoms with van der Waals surface area (Å²) in [6.07, 6.45) is 5.96. The van der Waals surface area contributed by atoms with Crippen LogP contribution < -0.4 is 5.32 Å². The average Bonchev–Trinajstić information content (AvgIpc) is 2.98. The predicted octanol–water partition coefficient (Wildman–Crippen LogP) is 0.374. The van der Waals surface area contributed by atoms with E-state index < -0.39 is 5.97 Å². The van der Waals surface area contributed by atoms with Crippen LogP contribution in [0, 0.1) is 0 Å². The van der Waals surface area contributed by atoms with Gasteiger partial charge in [0.2, 0.25) is 0 Å². The zero-order valence-electron chi connectivity index (χ0n) is 10.2. The maximum absolute atomic E-state index is 10.2. The molecule has 0 saturated carbocycles. The van der Waals surface area contributed by atoms with Gasteiger partial charge >= 0.3 is 5.97 Å². The van der Waals surface area contributed by atoms with Crippen LogP contribution in [-0.2, 0) is 20.9 Å². The third-order valence-electron chi connectivity index (χ3n) is 2.34. The molecule has 18 heavy (non-hydrogen) atoms. The summed E-state index contributed by atoms with van der Waals surface area (Å²) in [5, 5.41) is 15.0. The molecule has 2 rings (SSSR count). The highest BCUT2D eigenvalue weighted by Gasteiger charge is 2.12. The lowest BCUT2D eigenvalue weighted by molar-refractivity contribution is -0.137. The Hall–Kier alpha value is -1.89. The van der Waals surface area contributed by atoms with E-state index in [1.165, 1.54) is 4.68 Å². The number of nitrogens with one attached hydrogen (secondary N) is 1. The summed E-state index contributed by atoms with van der Waals surface area (Å²) in [5.74, 6) is -0.893. The molecule has 1 saturated heterocycles. The van der Waals surface area contributed by atoms with Crippen LogP contribution in [0.2, 0.25) is 0 Å². The molecule has 1 unspecified atom stereocenters. The molecule has 1 aromatic heterocycles. The van der Waals surface area contributed by atoms with Gasteiger partial charge in [0.15, 0.2) is 0 Å². The number of carbonyl (C=O) groups excluding carboxylic acids is 1. The van der Waals surface area contributed by atoms with Crippen LogP contribution in [0.3, 0.4) is 0 Å². The normalized spacial score (nSPS) is 17.7. The molecular weight excluding hydrogens is 238 g/mol. The lowest BCUT2D eigenvalue weighted by Crippen LogP contribution is -2.08. The number of rotatable bonds is 4. The molecule has 2 heterocycles. The van der Waals surface area contributed by atoms with Crippen molar-refractivity contribution in [2.45, 2.75) is 25.5 Å². The second-order valence-electron chi connectivity index (χ2n) is 3.76. The highest BCUT2D eigenvalue weighted by molar-refractivity contribution is 5.66. The second-order valence-corrected chi connectivity index (χ2v) is 3.76. The third kappa shape index (κ3) is 4.96. The number of nitrogens with zero attached hydrogens (tertiary/aromatic N) is 2. The smallest absolute Gasteiger partial charge is 0.325 e. The number of aromatic nitrogens is 2. The third-order valence-corrected chi connectivity index (χ3v) is 2.34. The summed E-state index contributed by atoms with van der Waals surface area (Å²) in [6, 6.07) is 0. The van der Waals surface area contributed by atoms with Crippen molar-refractivity contribution < 1.29 is 19.4 Å². The van der Waals surface area contributed by atoms with Gasteiger partial charge in [0.1, 0.15) is 18.9 Å². The molecule has 1 aliphatic rings. The number of hydrogen-bond donors (Lipinski definition) is 2. The minimum Gasteiger partial charge on any atom is -0.480 e. The highest BCUT2D eigenvalue weighted by atomic mass is 16.5. The fourth-order valence-corrected chi connectivity index (χ4v) is 1.43. The van der Waals surface area contributed by atoms with Gasteiger partial charge < -0.3 is 20.0 Å². The molecular formula is C11H17N3O4. The molecule has 1 fully saturated rings. The Labute approximate surface area is 105 Å². The summed E-state index contributed by atoms with van der Waals surface area (Å²) < 4.78 is 6.29. The molecule has 7 heteroatoms. The van der Waals surface area contributed by atoms with Gasteiger partial charge in [-0.1, -0.05) is 0 Å². The molecule has 0 spiro atoms. The predicted molar refractivity (Wildman–Crippen MR) is 64.4 cm³/mol. The van der Waals surface area contributed by atoms with Gasteiger partial charge in [-0.05, 0) is 12.8 Å². The van der Waals surface area contributed by atoms with Gasteiger partial charge in [-0.3, -0.25) is 9.48 Å². The molecule has 2 N–H and O–H groups in total. The maximum atomic E-state index is 10.2. The van der Waals surface area contributed by atoms with E-state index in [4.69, 9.17) is 9.84 Å². The lowest BCUT2D eigenvalue weighted by Gasteiger charge is -1.93. The minimum absolute atomic E-state index is 0.0833. The lowest BCUT2D eigenvalue weighted by atomic mass is 10.3. The topological polar surface area (TPSA) is 93.5 Å². The van der Waals surface area contributed by atoms with Crippen LogP contribution in [-0.4, -0.2) is 46.9 Å². The van der Waals surface area contributed by atoms with Crippen LogP contribution in [0.4, 0.5) is 5.69 Å². The van der Waals surface area contributed by atoms with Crippen molar-refractivity contribution in [3.05, 3.63) is 12.4 Å². The van der Waals surface area contributed by atoms with Crippen LogP contribution in [0.1, 0.15) is 12.8 Å². The monoisotopic (exact) mass is 255 g/mol. The standard InChI is InChI=1S/C6H9N3O2.C5H8O2/c1-7-5-2-8-9(3-5)4-6(10)11;6-4-5-2-1-3-7-5/h2-3,7H,4H2,1H3,(H,10,11);4-5H,1-3H2. The minimum atomic E-state index is -0.893. The van der Waals surface area contributed by atoms with Crippen molar-refractivity contribution >= 4 is 17.9 Å². The van der Waals surface area contributed by atoms with Crippen LogP contribution >= 0.6 is 0 Å². The molecule has 100 valence electrons. The number of aliphatic carboxylic acids is 1. The van der Waals surface area contributed by atoms with E-state index in [0.29, 0.717) is 0 Å². The van der Waals surface area contributed by atoms with E-state index in [1.54, 1.807) is 19.4 Å². The zero-order chi connectivity index (χ0) is 13.4. The van der Waals surface area contributed by atoms with E-state index in [-0.39, 0.29) is 12.6 Å². The van der Waals surface area contributed by atoms with E-state index in [0.717, 1.165) is 31.4 Å². The molecule has 1 aliphatic heterocycles. The Morgan fingerprint density at radius 2 is 2.56 bits per heavy atom. The Kier molecular flexibility index (Phi) is 5.86. The largest absolute Gasteiger partial charge is 0.480 e. The number of ether oxygens (including phenoxy) is 1. The SMILES string of the molecule is CNc1cnn(CC(=O)O)c1.O=CC1CCCO1. The number of aldehydes is 1. The maximum Gasteiger partial charge on any atom is 0.325 e. The van der Waals surface area contributed by atoms with Crippen molar-refractivity contribution in [3.63, 3.8) is 0 Å². The summed E-state index contributed by atoms with van der Waals surface area (Å²) in [4.78, 5) is 20.1. The van der Waals surface area contributed by atoms with Crippen molar-refractivity contribution in [2.24, 2.45) is 0 Å². The van der Waals surface area contributed by atoms with Crippen molar-refractivity contribution in [3.8, 4) is 0 Å².